The highest BCUT2D eigenvalue weighted by Gasteiger charge is 2.06. The van der Waals surface area contributed by atoms with Crippen LogP contribution in [-0.2, 0) is 6.54 Å². The third kappa shape index (κ3) is 2.74. The Balaban J connectivity index is 0.000000461. The SMILES string of the molecule is CC.Cc1ccc2c(c1)CNCCO2. The number of benzene rings is 1. The number of hydrogen-bond acceptors (Lipinski definition) is 2. The highest BCUT2D eigenvalue weighted by Crippen LogP contribution is 2.20. The Hall–Kier alpha value is -1.02. The first-order valence-electron chi connectivity index (χ1n) is 5.29. The fraction of sp³-hybridized carbons (Fsp3) is 0.500. The van der Waals surface area contributed by atoms with Gasteiger partial charge >= 0.3 is 0 Å². The lowest BCUT2D eigenvalue weighted by atomic mass is 10.1. The molecular formula is C12H19NO. The molecule has 2 rings (SSSR count). The van der Waals surface area contributed by atoms with Crippen LogP contribution in [0.1, 0.15) is 25.0 Å². The number of aryl methyl sites for hydroxylation is 1. The van der Waals surface area contributed by atoms with Crippen molar-refractivity contribution in [3.8, 4) is 5.75 Å². The smallest absolute Gasteiger partial charge is 0.123 e. The molecule has 0 aromatic heterocycles. The highest BCUT2D eigenvalue weighted by atomic mass is 16.5. The molecule has 1 heterocycles. The summed E-state index contributed by atoms with van der Waals surface area (Å²) in [6.07, 6.45) is 0. The summed E-state index contributed by atoms with van der Waals surface area (Å²) in [4.78, 5) is 0. The van der Waals surface area contributed by atoms with Crippen LogP contribution in [0.3, 0.4) is 0 Å². The Bertz CT molecular complexity index is 284. The maximum absolute atomic E-state index is 5.54. The largest absolute Gasteiger partial charge is 0.492 e. The molecule has 0 amide bonds. The van der Waals surface area contributed by atoms with Gasteiger partial charge in [0.1, 0.15) is 12.4 Å². The molecule has 1 aliphatic rings. The van der Waals surface area contributed by atoms with Crippen molar-refractivity contribution in [1.82, 2.24) is 5.32 Å². The number of fused-ring (bicyclic) bond motifs is 1. The van der Waals surface area contributed by atoms with E-state index in [1.807, 2.05) is 13.8 Å². The highest BCUT2D eigenvalue weighted by molar-refractivity contribution is 5.37. The van der Waals surface area contributed by atoms with Gasteiger partial charge in [0, 0.05) is 18.7 Å². The summed E-state index contributed by atoms with van der Waals surface area (Å²) in [7, 11) is 0. The van der Waals surface area contributed by atoms with Crippen molar-refractivity contribution in [1.29, 1.82) is 0 Å². The van der Waals surface area contributed by atoms with Gasteiger partial charge in [0.2, 0.25) is 0 Å². The number of hydrogen-bond donors (Lipinski definition) is 1. The van der Waals surface area contributed by atoms with Crippen LogP contribution in [0.4, 0.5) is 0 Å². The standard InChI is InChI=1S/C10H13NO.C2H6/c1-8-2-3-10-9(6-8)7-11-4-5-12-10;1-2/h2-3,6,11H,4-5,7H2,1H3;1-2H3. The lowest BCUT2D eigenvalue weighted by Gasteiger charge is -2.06. The average molecular weight is 193 g/mol. The topological polar surface area (TPSA) is 21.3 Å². The molecule has 0 saturated carbocycles. The Morgan fingerprint density at radius 2 is 2.07 bits per heavy atom. The minimum Gasteiger partial charge on any atom is -0.492 e. The Kier molecular flexibility index (Phi) is 4.47. The maximum Gasteiger partial charge on any atom is 0.123 e. The zero-order valence-corrected chi connectivity index (χ0v) is 9.26. The summed E-state index contributed by atoms with van der Waals surface area (Å²) in [5, 5.41) is 3.31. The van der Waals surface area contributed by atoms with Crippen LogP contribution in [-0.4, -0.2) is 13.2 Å². The van der Waals surface area contributed by atoms with Crippen molar-refractivity contribution >= 4 is 0 Å². The molecule has 0 unspecified atom stereocenters. The minimum atomic E-state index is 0.774. The maximum atomic E-state index is 5.54. The molecule has 0 spiro atoms. The molecule has 1 aromatic carbocycles. The predicted molar refractivity (Wildman–Crippen MR) is 59.7 cm³/mol. The van der Waals surface area contributed by atoms with Gasteiger partial charge < -0.3 is 10.1 Å². The first kappa shape index (κ1) is 11.1. The first-order valence-corrected chi connectivity index (χ1v) is 5.29. The second-order valence-corrected chi connectivity index (χ2v) is 3.14. The number of nitrogens with one attached hydrogen (secondary N) is 1. The monoisotopic (exact) mass is 193 g/mol. The number of rotatable bonds is 0. The van der Waals surface area contributed by atoms with Crippen molar-refractivity contribution in [3.63, 3.8) is 0 Å². The average Bonchev–Trinajstić information content (AvgIpc) is 2.45. The van der Waals surface area contributed by atoms with Crippen LogP contribution < -0.4 is 10.1 Å². The zero-order valence-electron chi connectivity index (χ0n) is 9.26. The van der Waals surface area contributed by atoms with Gasteiger partial charge in [-0.05, 0) is 13.0 Å². The molecule has 0 fully saturated rings. The summed E-state index contributed by atoms with van der Waals surface area (Å²) < 4.78 is 5.54. The van der Waals surface area contributed by atoms with Gasteiger partial charge in [-0.3, -0.25) is 0 Å². The number of ether oxygens (including phenoxy) is 1. The van der Waals surface area contributed by atoms with Crippen LogP contribution in [0.25, 0.3) is 0 Å². The van der Waals surface area contributed by atoms with Crippen LogP contribution in [0.2, 0.25) is 0 Å². The lowest BCUT2D eigenvalue weighted by Crippen LogP contribution is -2.16. The van der Waals surface area contributed by atoms with Gasteiger partial charge in [-0.15, -0.1) is 0 Å². The van der Waals surface area contributed by atoms with Crippen molar-refractivity contribution in [3.05, 3.63) is 29.3 Å². The van der Waals surface area contributed by atoms with Crippen molar-refractivity contribution in [2.75, 3.05) is 13.2 Å². The summed E-state index contributed by atoms with van der Waals surface area (Å²) in [5.74, 6) is 1.03. The lowest BCUT2D eigenvalue weighted by molar-refractivity contribution is 0.325. The van der Waals surface area contributed by atoms with Gasteiger partial charge in [-0.25, -0.2) is 0 Å². The van der Waals surface area contributed by atoms with Gasteiger partial charge in [0.15, 0.2) is 0 Å². The van der Waals surface area contributed by atoms with Crippen LogP contribution in [0, 0.1) is 6.92 Å². The zero-order chi connectivity index (χ0) is 10.4. The van der Waals surface area contributed by atoms with Gasteiger partial charge in [-0.1, -0.05) is 31.5 Å². The van der Waals surface area contributed by atoms with E-state index in [-0.39, 0.29) is 0 Å². The van der Waals surface area contributed by atoms with Crippen molar-refractivity contribution < 1.29 is 4.74 Å². The Morgan fingerprint density at radius 3 is 2.86 bits per heavy atom. The summed E-state index contributed by atoms with van der Waals surface area (Å²) in [6, 6.07) is 6.31. The van der Waals surface area contributed by atoms with E-state index in [9.17, 15) is 0 Å². The fourth-order valence-electron chi connectivity index (χ4n) is 1.44. The van der Waals surface area contributed by atoms with Crippen LogP contribution in [0.5, 0.6) is 5.75 Å². The Labute approximate surface area is 86.3 Å². The van der Waals surface area contributed by atoms with Gasteiger partial charge in [0.25, 0.3) is 0 Å². The van der Waals surface area contributed by atoms with E-state index in [0.717, 1.165) is 25.4 Å². The molecule has 2 nitrogen and oxygen atoms in total. The third-order valence-corrected chi connectivity index (χ3v) is 2.07. The minimum absolute atomic E-state index is 0.774. The quantitative estimate of drug-likeness (QED) is 0.683. The second-order valence-electron chi connectivity index (χ2n) is 3.14. The molecule has 1 aromatic rings. The van der Waals surface area contributed by atoms with E-state index >= 15 is 0 Å². The second kappa shape index (κ2) is 5.66. The summed E-state index contributed by atoms with van der Waals surface area (Å²) in [5.41, 5.74) is 2.56. The van der Waals surface area contributed by atoms with Gasteiger partial charge in [0.05, 0.1) is 0 Å². The predicted octanol–water partition coefficient (Wildman–Crippen LogP) is 2.50. The van der Waals surface area contributed by atoms with Crippen molar-refractivity contribution in [2.45, 2.75) is 27.3 Å². The fourth-order valence-corrected chi connectivity index (χ4v) is 1.44. The third-order valence-electron chi connectivity index (χ3n) is 2.07. The molecular weight excluding hydrogens is 174 g/mol. The van der Waals surface area contributed by atoms with Gasteiger partial charge in [-0.2, -0.15) is 0 Å². The Morgan fingerprint density at radius 1 is 1.29 bits per heavy atom. The first-order chi connectivity index (χ1) is 6.86. The van der Waals surface area contributed by atoms with E-state index in [4.69, 9.17) is 4.74 Å². The summed E-state index contributed by atoms with van der Waals surface area (Å²) >= 11 is 0. The molecule has 1 N–H and O–H groups in total. The molecule has 0 aliphatic carbocycles. The molecule has 0 radical (unpaired) electrons. The van der Waals surface area contributed by atoms with E-state index in [1.165, 1.54) is 11.1 Å². The molecule has 1 aliphatic heterocycles. The van der Waals surface area contributed by atoms with E-state index in [0.29, 0.717) is 0 Å². The molecule has 78 valence electrons. The molecule has 0 bridgehead atoms. The van der Waals surface area contributed by atoms with E-state index < -0.39 is 0 Å². The van der Waals surface area contributed by atoms with Crippen LogP contribution in [0.15, 0.2) is 18.2 Å². The van der Waals surface area contributed by atoms with E-state index in [1.54, 1.807) is 0 Å². The molecule has 0 saturated heterocycles. The van der Waals surface area contributed by atoms with Crippen molar-refractivity contribution in [2.24, 2.45) is 0 Å². The molecule has 2 heteroatoms. The van der Waals surface area contributed by atoms with Crippen LogP contribution >= 0.6 is 0 Å². The normalized spacial score (nSPS) is 14.2. The molecule has 14 heavy (non-hydrogen) atoms. The molecule has 0 atom stereocenters. The summed E-state index contributed by atoms with van der Waals surface area (Å²) in [6.45, 7) is 8.74. The van der Waals surface area contributed by atoms with E-state index in [2.05, 4.69) is 30.4 Å².